The van der Waals surface area contributed by atoms with Crippen LogP contribution in [0.25, 0.3) is 0 Å². The molecule has 76 valence electrons. The van der Waals surface area contributed by atoms with E-state index in [9.17, 15) is 0 Å². The Morgan fingerprint density at radius 3 is 3.14 bits per heavy atom. The Hall–Kier alpha value is -0.930. The van der Waals surface area contributed by atoms with Crippen LogP contribution in [-0.2, 0) is 19.5 Å². The van der Waals surface area contributed by atoms with E-state index in [2.05, 4.69) is 28.3 Å². The zero-order chi connectivity index (χ0) is 9.97. The molecule has 0 saturated heterocycles. The number of likely N-dealkylation sites (N-methyl/N-ethyl adjacent to an activating group) is 1. The average molecular weight is 191 g/mol. The van der Waals surface area contributed by atoms with Crippen molar-refractivity contribution in [2.24, 2.45) is 0 Å². The number of hydrogen-bond donors (Lipinski definition) is 1. The minimum Gasteiger partial charge on any atom is -0.319 e. The van der Waals surface area contributed by atoms with Crippen molar-refractivity contribution in [3.8, 4) is 0 Å². The van der Waals surface area contributed by atoms with E-state index in [0.29, 0.717) is 0 Å². The maximum absolute atomic E-state index is 4.49. The van der Waals surface area contributed by atoms with E-state index in [1.807, 2.05) is 13.2 Å². The fraction of sp³-hybridized carbons (Fsp3) is 0.545. The van der Waals surface area contributed by atoms with Gasteiger partial charge in [-0.05, 0) is 38.2 Å². The van der Waals surface area contributed by atoms with Crippen LogP contribution in [0, 0.1) is 0 Å². The van der Waals surface area contributed by atoms with Crippen molar-refractivity contribution in [2.75, 3.05) is 20.6 Å². The van der Waals surface area contributed by atoms with E-state index < -0.39 is 0 Å². The lowest BCUT2D eigenvalue weighted by atomic mass is 10.1. The minimum atomic E-state index is 1.00. The third kappa shape index (κ3) is 1.94. The maximum atomic E-state index is 4.49. The molecule has 0 spiro atoms. The highest BCUT2D eigenvalue weighted by molar-refractivity contribution is 5.28. The van der Waals surface area contributed by atoms with Gasteiger partial charge in [0, 0.05) is 19.3 Å². The van der Waals surface area contributed by atoms with Crippen LogP contribution in [0.1, 0.15) is 16.8 Å². The third-order valence-electron chi connectivity index (χ3n) is 2.64. The Balaban J connectivity index is 2.12. The topological polar surface area (TPSA) is 28.2 Å². The van der Waals surface area contributed by atoms with E-state index in [-0.39, 0.29) is 0 Å². The molecule has 2 heterocycles. The Kier molecular flexibility index (Phi) is 2.79. The van der Waals surface area contributed by atoms with Crippen LogP contribution >= 0.6 is 0 Å². The summed E-state index contributed by atoms with van der Waals surface area (Å²) in [4.78, 5) is 6.78. The second-order valence-corrected chi connectivity index (χ2v) is 3.98. The molecular weight excluding hydrogens is 174 g/mol. The first-order valence-electron chi connectivity index (χ1n) is 5.09. The Morgan fingerprint density at radius 2 is 2.36 bits per heavy atom. The van der Waals surface area contributed by atoms with E-state index in [1.165, 1.54) is 16.8 Å². The van der Waals surface area contributed by atoms with Gasteiger partial charge < -0.3 is 5.32 Å². The molecule has 1 aliphatic rings. The van der Waals surface area contributed by atoms with Gasteiger partial charge in [-0.3, -0.25) is 9.88 Å². The zero-order valence-corrected chi connectivity index (χ0v) is 8.88. The molecule has 1 N–H and O–H groups in total. The Morgan fingerprint density at radius 1 is 1.50 bits per heavy atom. The molecule has 2 rings (SSSR count). The van der Waals surface area contributed by atoms with Crippen LogP contribution in [0.3, 0.4) is 0 Å². The molecule has 0 radical (unpaired) electrons. The van der Waals surface area contributed by atoms with Gasteiger partial charge >= 0.3 is 0 Å². The van der Waals surface area contributed by atoms with Gasteiger partial charge in [-0.15, -0.1) is 0 Å². The van der Waals surface area contributed by atoms with Gasteiger partial charge in [-0.1, -0.05) is 6.07 Å². The van der Waals surface area contributed by atoms with Crippen LogP contribution in [-0.4, -0.2) is 30.5 Å². The van der Waals surface area contributed by atoms with E-state index in [4.69, 9.17) is 0 Å². The fourth-order valence-corrected chi connectivity index (χ4v) is 1.88. The van der Waals surface area contributed by atoms with E-state index >= 15 is 0 Å². The monoisotopic (exact) mass is 191 g/mol. The minimum absolute atomic E-state index is 1.00. The molecule has 0 bridgehead atoms. The van der Waals surface area contributed by atoms with Gasteiger partial charge in [-0.25, -0.2) is 0 Å². The highest BCUT2D eigenvalue weighted by Gasteiger charge is 2.16. The molecule has 0 fully saturated rings. The number of nitrogens with one attached hydrogen (secondary N) is 1. The molecule has 0 aliphatic carbocycles. The van der Waals surface area contributed by atoms with E-state index in [1.54, 1.807) is 0 Å². The summed E-state index contributed by atoms with van der Waals surface area (Å²) in [7, 11) is 4.11. The lowest BCUT2D eigenvalue weighted by molar-refractivity contribution is 0.351. The number of aromatic nitrogens is 1. The van der Waals surface area contributed by atoms with Crippen LogP contribution in [0.2, 0.25) is 0 Å². The van der Waals surface area contributed by atoms with Crippen molar-refractivity contribution < 1.29 is 0 Å². The molecule has 0 aromatic carbocycles. The summed E-state index contributed by atoms with van der Waals surface area (Å²) in [5, 5.41) is 3.15. The molecule has 1 aliphatic heterocycles. The summed E-state index contributed by atoms with van der Waals surface area (Å²) in [6, 6.07) is 2.29. The summed E-state index contributed by atoms with van der Waals surface area (Å²) < 4.78 is 0. The molecule has 3 nitrogen and oxygen atoms in total. The van der Waals surface area contributed by atoms with Crippen molar-refractivity contribution in [1.29, 1.82) is 0 Å². The van der Waals surface area contributed by atoms with Gasteiger partial charge in [0.05, 0.1) is 5.69 Å². The summed E-state index contributed by atoms with van der Waals surface area (Å²) in [5.74, 6) is 0. The predicted octanol–water partition coefficient (Wildman–Crippen LogP) is 0.789. The van der Waals surface area contributed by atoms with Gasteiger partial charge in [0.2, 0.25) is 0 Å². The van der Waals surface area contributed by atoms with Crippen molar-refractivity contribution >= 4 is 0 Å². The largest absolute Gasteiger partial charge is 0.319 e. The summed E-state index contributed by atoms with van der Waals surface area (Å²) in [5.41, 5.74) is 4.00. The molecule has 1 aromatic heterocycles. The molecular formula is C11H17N3. The summed E-state index contributed by atoms with van der Waals surface area (Å²) in [6.45, 7) is 3.08. The van der Waals surface area contributed by atoms with Crippen LogP contribution < -0.4 is 5.32 Å². The third-order valence-corrected chi connectivity index (χ3v) is 2.64. The fourth-order valence-electron chi connectivity index (χ4n) is 1.88. The van der Waals surface area contributed by atoms with Crippen LogP contribution in [0.5, 0.6) is 0 Å². The normalized spacial score (nSPS) is 15.9. The van der Waals surface area contributed by atoms with Crippen molar-refractivity contribution in [2.45, 2.75) is 19.5 Å². The smallest absolute Gasteiger partial charge is 0.0589 e. The first kappa shape index (κ1) is 9.62. The number of fused-ring (bicyclic) bond motifs is 1. The van der Waals surface area contributed by atoms with E-state index in [0.717, 1.165) is 26.1 Å². The Bertz CT molecular complexity index is 322. The second kappa shape index (κ2) is 4.07. The summed E-state index contributed by atoms with van der Waals surface area (Å²) >= 11 is 0. The zero-order valence-electron chi connectivity index (χ0n) is 8.88. The molecule has 3 heteroatoms. The van der Waals surface area contributed by atoms with Gasteiger partial charge in [0.1, 0.15) is 0 Å². The van der Waals surface area contributed by atoms with Gasteiger partial charge in [0.25, 0.3) is 0 Å². The lowest BCUT2D eigenvalue weighted by Crippen LogP contribution is -2.10. The first-order chi connectivity index (χ1) is 6.79. The standard InChI is InChI=1S/C11H17N3/c1-12-4-3-9-5-10-7-14(2)8-11(10)13-6-9/h5-6,12H,3-4,7-8H2,1-2H3. The molecule has 0 unspecified atom stereocenters. The molecule has 1 aromatic rings. The quantitative estimate of drug-likeness (QED) is 0.765. The highest BCUT2D eigenvalue weighted by atomic mass is 15.1. The number of hydrogen-bond acceptors (Lipinski definition) is 3. The van der Waals surface area contributed by atoms with Crippen molar-refractivity contribution in [3.05, 3.63) is 29.1 Å². The maximum Gasteiger partial charge on any atom is 0.0589 e. The first-order valence-corrected chi connectivity index (χ1v) is 5.09. The summed E-state index contributed by atoms with van der Waals surface area (Å²) in [6.07, 6.45) is 3.08. The number of nitrogens with zero attached hydrogens (tertiary/aromatic N) is 2. The van der Waals surface area contributed by atoms with Gasteiger partial charge in [-0.2, -0.15) is 0 Å². The number of rotatable bonds is 3. The Labute approximate surface area is 85.1 Å². The molecule has 0 saturated carbocycles. The SMILES string of the molecule is CNCCc1cnc2c(c1)CN(C)C2. The predicted molar refractivity (Wildman–Crippen MR) is 57.0 cm³/mol. The lowest BCUT2D eigenvalue weighted by Gasteiger charge is -2.03. The molecule has 14 heavy (non-hydrogen) atoms. The molecule has 0 amide bonds. The second-order valence-electron chi connectivity index (χ2n) is 3.98. The highest BCUT2D eigenvalue weighted by Crippen LogP contribution is 2.19. The van der Waals surface area contributed by atoms with Crippen molar-refractivity contribution in [1.82, 2.24) is 15.2 Å². The van der Waals surface area contributed by atoms with Crippen LogP contribution in [0.4, 0.5) is 0 Å². The average Bonchev–Trinajstić information content (AvgIpc) is 2.54. The van der Waals surface area contributed by atoms with Gasteiger partial charge in [0.15, 0.2) is 0 Å². The number of pyridine rings is 1. The van der Waals surface area contributed by atoms with Crippen LogP contribution in [0.15, 0.2) is 12.3 Å². The van der Waals surface area contributed by atoms with Crippen molar-refractivity contribution in [3.63, 3.8) is 0 Å². The molecule has 0 atom stereocenters.